The van der Waals surface area contributed by atoms with Crippen LogP contribution in [0.15, 0.2) is 66.0 Å². The number of ether oxygens (including phenoxy) is 1. The lowest BCUT2D eigenvalue weighted by Gasteiger charge is -2.11. The summed E-state index contributed by atoms with van der Waals surface area (Å²) < 4.78 is 46.6. The second-order valence-corrected chi connectivity index (χ2v) is 7.37. The van der Waals surface area contributed by atoms with Crippen LogP contribution >= 0.6 is 0 Å². The van der Waals surface area contributed by atoms with E-state index in [1.807, 2.05) is 6.07 Å². The van der Waals surface area contributed by atoms with Crippen molar-refractivity contribution in [1.29, 1.82) is 0 Å². The van der Waals surface area contributed by atoms with Gasteiger partial charge in [-0.1, -0.05) is 6.07 Å². The number of rotatable bonds is 7. The van der Waals surface area contributed by atoms with E-state index in [1.54, 1.807) is 43.7 Å². The molecule has 2 heterocycles. The first kappa shape index (κ1) is 18.9. The number of nitrogens with one attached hydrogen (secondary N) is 1. The molecule has 2 aromatic heterocycles. The molecule has 0 saturated carbocycles. The largest absolute Gasteiger partial charge is 0.491 e. The lowest BCUT2D eigenvalue weighted by molar-refractivity contribution is 0.321. The Labute approximate surface area is 157 Å². The van der Waals surface area contributed by atoms with Gasteiger partial charge in [0.05, 0.1) is 17.2 Å². The molecule has 0 saturated heterocycles. The van der Waals surface area contributed by atoms with Crippen molar-refractivity contribution in [1.82, 2.24) is 14.7 Å². The second kappa shape index (κ2) is 8.24. The summed E-state index contributed by atoms with van der Waals surface area (Å²) in [5, 5.41) is 0. The van der Waals surface area contributed by atoms with Crippen molar-refractivity contribution in [2.45, 2.75) is 18.4 Å². The summed E-state index contributed by atoms with van der Waals surface area (Å²) in [7, 11) is -3.90. The Hall–Kier alpha value is -2.84. The first-order valence-corrected chi connectivity index (χ1v) is 9.76. The highest BCUT2D eigenvalue weighted by molar-refractivity contribution is 7.89. The molecule has 0 atom stereocenters. The first-order chi connectivity index (χ1) is 13.0. The van der Waals surface area contributed by atoms with Gasteiger partial charge in [-0.15, -0.1) is 0 Å². The Morgan fingerprint density at radius 1 is 1.15 bits per heavy atom. The van der Waals surface area contributed by atoms with Gasteiger partial charge < -0.3 is 4.74 Å². The van der Waals surface area contributed by atoms with Crippen LogP contribution in [-0.4, -0.2) is 25.0 Å². The average molecular weight is 387 g/mol. The molecule has 0 radical (unpaired) electrons. The Kier molecular flexibility index (Phi) is 5.78. The fourth-order valence-electron chi connectivity index (χ4n) is 2.52. The van der Waals surface area contributed by atoms with Crippen LogP contribution < -0.4 is 9.46 Å². The van der Waals surface area contributed by atoms with Crippen molar-refractivity contribution >= 4 is 10.0 Å². The molecule has 0 amide bonds. The maximum Gasteiger partial charge on any atom is 0.240 e. The molecule has 27 heavy (non-hydrogen) atoms. The molecule has 0 aliphatic heterocycles. The van der Waals surface area contributed by atoms with Gasteiger partial charge in [0.1, 0.15) is 0 Å². The van der Waals surface area contributed by atoms with Gasteiger partial charge in [-0.3, -0.25) is 9.97 Å². The zero-order chi connectivity index (χ0) is 19.3. The molecule has 3 aromatic rings. The summed E-state index contributed by atoms with van der Waals surface area (Å²) in [6.45, 7) is 2.02. The number of benzene rings is 1. The lowest BCUT2D eigenvalue weighted by atomic mass is 10.1. The fraction of sp³-hybridized carbons (Fsp3) is 0.158. The van der Waals surface area contributed by atoms with Crippen molar-refractivity contribution in [2.24, 2.45) is 0 Å². The summed E-state index contributed by atoms with van der Waals surface area (Å²) in [4.78, 5) is 8.21. The van der Waals surface area contributed by atoms with Crippen LogP contribution in [0, 0.1) is 5.82 Å². The molecule has 0 spiro atoms. The molecular weight excluding hydrogens is 369 g/mol. The number of halogens is 1. The van der Waals surface area contributed by atoms with Gasteiger partial charge in [0.2, 0.25) is 10.0 Å². The van der Waals surface area contributed by atoms with E-state index in [2.05, 4.69) is 14.7 Å². The molecule has 1 N–H and O–H groups in total. The number of sulfonamides is 1. The highest BCUT2D eigenvalue weighted by Gasteiger charge is 2.18. The summed E-state index contributed by atoms with van der Waals surface area (Å²) in [6, 6.07) is 10.7. The first-order valence-electron chi connectivity index (χ1n) is 8.27. The number of pyridine rings is 2. The van der Waals surface area contributed by atoms with E-state index < -0.39 is 15.8 Å². The van der Waals surface area contributed by atoms with Crippen LogP contribution in [0.1, 0.15) is 12.5 Å². The number of hydrogen-bond acceptors (Lipinski definition) is 5. The van der Waals surface area contributed by atoms with Crippen molar-refractivity contribution in [3.63, 3.8) is 0 Å². The van der Waals surface area contributed by atoms with E-state index in [0.717, 1.165) is 11.6 Å². The standard InChI is InChI=1S/C19H18FN3O3S/c1-2-26-18-8-7-16(11-17(18)20)27(24,25)23-13-15-6-4-10-22-19(15)14-5-3-9-21-12-14/h3-12,23H,2,13H2,1H3. The Balaban J connectivity index is 1.82. The van der Waals surface area contributed by atoms with Crippen molar-refractivity contribution in [3.8, 4) is 17.0 Å². The summed E-state index contributed by atoms with van der Waals surface area (Å²) in [5.74, 6) is -0.709. The Morgan fingerprint density at radius 2 is 1.96 bits per heavy atom. The SMILES string of the molecule is CCOc1ccc(S(=O)(=O)NCc2cccnc2-c2cccnc2)cc1F. The smallest absolute Gasteiger partial charge is 0.240 e. The minimum absolute atomic E-state index is 0.00916. The topological polar surface area (TPSA) is 81.2 Å². The molecule has 1 aromatic carbocycles. The number of nitrogens with zero attached hydrogens (tertiary/aromatic N) is 2. The van der Waals surface area contributed by atoms with Gasteiger partial charge in [-0.25, -0.2) is 17.5 Å². The van der Waals surface area contributed by atoms with Gasteiger partial charge in [0.25, 0.3) is 0 Å². The molecule has 0 aliphatic rings. The Morgan fingerprint density at radius 3 is 2.67 bits per heavy atom. The maximum atomic E-state index is 14.0. The van der Waals surface area contributed by atoms with Crippen LogP contribution in [-0.2, 0) is 16.6 Å². The molecule has 0 unspecified atom stereocenters. The van der Waals surface area contributed by atoms with Gasteiger partial charge in [0.15, 0.2) is 11.6 Å². The molecule has 140 valence electrons. The highest BCUT2D eigenvalue weighted by atomic mass is 32.2. The Bertz CT molecular complexity index is 1030. The van der Waals surface area contributed by atoms with E-state index in [9.17, 15) is 12.8 Å². The highest BCUT2D eigenvalue weighted by Crippen LogP contribution is 2.23. The lowest BCUT2D eigenvalue weighted by Crippen LogP contribution is -2.23. The van der Waals surface area contributed by atoms with E-state index in [-0.39, 0.29) is 17.2 Å². The van der Waals surface area contributed by atoms with E-state index in [1.165, 1.54) is 12.1 Å². The summed E-state index contributed by atoms with van der Waals surface area (Å²) >= 11 is 0. The molecule has 0 aliphatic carbocycles. The van der Waals surface area contributed by atoms with Crippen molar-refractivity contribution in [2.75, 3.05) is 6.61 Å². The summed E-state index contributed by atoms with van der Waals surface area (Å²) in [5.41, 5.74) is 2.09. The number of hydrogen-bond donors (Lipinski definition) is 1. The quantitative estimate of drug-likeness (QED) is 0.673. The fourth-order valence-corrected chi connectivity index (χ4v) is 3.54. The van der Waals surface area contributed by atoms with Gasteiger partial charge >= 0.3 is 0 Å². The zero-order valence-corrected chi connectivity index (χ0v) is 15.4. The van der Waals surface area contributed by atoms with Crippen molar-refractivity contribution < 1.29 is 17.5 Å². The molecular formula is C19H18FN3O3S. The van der Waals surface area contributed by atoms with Crippen LogP contribution in [0.5, 0.6) is 5.75 Å². The van der Waals surface area contributed by atoms with Crippen LogP contribution in [0.2, 0.25) is 0 Å². The monoisotopic (exact) mass is 387 g/mol. The predicted octanol–water partition coefficient (Wildman–Crippen LogP) is 3.16. The van der Waals surface area contributed by atoms with Crippen LogP contribution in [0.3, 0.4) is 0 Å². The van der Waals surface area contributed by atoms with Crippen LogP contribution in [0.25, 0.3) is 11.3 Å². The normalized spacial score (nSPS) is 11.3. The van der Waals surface area contributed by atoms with Gasteiger partial charge in [-0.2, -0.15) is 0 Å². The zero-order valence-electron chi connectivity index (χ0n) is 14.6. The average Bonchev–Trinajstić information content (AvgIpc) is 2.69. The second-order valence-electron chi connectivity index (χ2n) is 5.60. The van der Waals surface area contributed by atoms with Gasteiger partial charge in [0, 0.05) is 30.7 Å². The van der Waals surface area contributed by atoms with E-state index >= 15 is 0 Å². The van der Waals surface area contributed by atoms with Crippen molar-refractivity contribution in [3.05, 3.63) is 72.4 Å². The maximum absolute atomic E-state index is 14.0. The number of aromatic nitrogens is 2. The molecule has 3 rings (SSSR count). The minimum Gasteiger partial charge on any atom is -0.491 e. The van der Waals surface area contributed by atoms with Gasteiger partial charge in [-0.05, 0) is 48.9 Å². The minimum atomic E-state index is -3.90. The van der Waals surface area contributed by atoms with Crippen LogP contribution in [0.4, 0.5) is 4.39 Å². The van der Waals surface area contributed by atoms with E-state index in [0.29, 0.717) is 17.9 Å². The molecule has 0 fully saturated rings. The molecule has 6 nitrogen and oxygen atoms in total. The third-order valence-electron chi connectivity index (χ3n) is 3.79. The third kappa shape index (κ3) is 4.47. The van der Waals surface area contributed by atoms with E-state index in [4.69, 9.17) is 4.74 Å². The molecule has 0 bridgehead atoms. The molecule has 8 heteroatoms. The third-order valence-corrected chi connectivity index (χ3v) is 5.19. The summed E-state index contributed by atoms with van der Waals surface area (Å²) in [6.07, 6.45) is 4.93. The predicted molar refractivity (Wildman–Crippen MR) is 99.1 cm³/mol.